The summed E-state index contributed by atoms with van der Waals surface area (Å²) in [5.41, 5.74) is -1.47. The quantitative estimate of drug-likeness (QED) is 0.590. The van der Waals surface area contributed by atoms with Crippen molar-refractivity contribution >= 4 is 17.7 Å². The van der Waals surface area contributed by atoms with Gasteiger partial charge in [0.05, 0.1) is 24.5 Å². The second kappa shape index (κ2) is 7.23. The molecule has 0 saturated carbocycles. The Hall–Kier alpha value is -1.67. The molecule has 3 fully saturated rings. The molecule has 2 unspecified atom stereocenters. The second-order valence-electron chi connectivity index (χ2n) is 10.5. The number of aliphatic hydroxyl groups excluding tert-OH is 1. The zero-order valence-corrected chi connectivity index (χ0v) is 18.4. The van der Waals surface area contributed by atoms with Gasteiger partial charge >= 0.3 is 0 Å². The first-order chi connectivity index (χ1) is 13.4. The molecule has 3 aliphatic rings. The highest BCUT2D eigenvalue weighted by Crippen LogP contribution is 2.58. The molecule has 3 heterocycles. The van der Waals surface area contributed by atoms with Gasteiger partial charge in [-0.25, -0.2) is 0 Å². The monoisotopic (exact) mass is 409 g/mol. The molecule has 0 aromatic carbocycles. The molecule has 8 nitrogen and oxygen atoms in total. The molecule has 0 aliphatic carbocycles. The third-order valence-corrected chi connectivity index (χ3v) is 6.37. The lowest BCUT2D eigenvalue weighted by Gasteiger charge is -2.38. The minimum Gasteiger partial charge on any atom is -0.395 e. The van der Waals surface area contributed by atoms with Crippen molar-refractivity contribution < 1.29 is 24.2 Å². The average molecular weight is 410 g/mol. The summed E-state index contributed by atoms with van der Waals surface area (Å²) in [6.07, 6.45) is 1.61. The SMILES string of the molecule is CNC(=O)[C@@H]1[C@@H]2CCC3(O2)C(C(=O)NC(C)(C)CC(C)(C)C)N(CCO)C(=O)[C@H]13. The first kappa shape index (κ1) is 22.0. The summed E-state index contributed by atoms with van der Waals surface area (Å²) in [5.74, 6) is -2.06. The molecule has 3 saturated heterocycles. The van der Waals surface area contributed by atoms with E-state index in [-0.39, 0.29) is 42.4 Å². The first-order valence-electron chi connectivity index (χ1n) is 10.5. The molecule has 1 spiro atoms. The number of carbonyl (C=O) groups is 3. The van der Waals surface area contributed by atoms with Crippen LogP contribution in [0.15, 0.2) is 0 Å². The molecule has 29 heavy (non-hydrogen) atoms. The summed E-state index contributed by atoms with van der Waals surface area (Å²) in [7, 11) is 1.55. The minimum absolute atomic E-state index is 0.0144. The molecule has 0 aromatic heterocycles. The fourth-order valence-corrected chi connectivity index (χ4v) is 6.04. The number of rotatable bonds is 6. The van der Waals surface area contributed by atoms with Gasteiger partial charge in [0.2, 0.25) is 17.7 Å². The Balaban J connectivity index is 1.93. The maximum Gasteiger partial charge on any atom is 0.246 e. The molecule has 3 rings (SSSR count). The van der Waals surface area contributed by atoms with E-state index in [1.807, 2.05) is 13.8 Å². The number of hydrogen-bond donors (Lipinski definition) is 3. The second-order valence-corrected chi connectivity index (χ2v) is 10.5. The lowest BCUT2D eigenvalue weighted by atomic mass is 9.70. The van der Waals surface area contributed by atoms with Crippen LogP contribution in [0.4, 0.5) is 0 Å². The van der Waals surface area contributed by atoms with Gasteiger partial charge < -0.3 is 25.4 Å². The molecular formula is C21H35N3O5. The Morgan fingerprint density at radius 1 is 1.24 bits per heavy atom. The maximum atomic E-state index is 13.5. The van der Waals surface area contributed by atoms with Gasteiger partial charge in [0.15, 0.2) is 0 Å². The number of nitrogens with one attached hydrogen (secondary N) is 2. The van der Waals surface area contributed by atoms with E-state index in [2.05, 4.69) is 31.4 Å². The molecule has 3 amide bonds. The van der Waals surface area contributed by atoms with E-state index < -0.39 is 29.0 Å². The Morgan fingerprint density at radius 3 is 2.45 bits per heavy atom. The highest BCUT2D eigenvalue weighted by Gasteiger charge is 2.74. The fourth-order valence-electron chi connectivity index (χ4n) is 6.04. The predicted molar refractivity (Wildman–Crippen MR) is 107 cm³/mol. The maximum absolute atomic E-state index is 13.5. The molecule has 5 atom stereocenters. The molecule has 2 bridgehead atoms. The normalized spacial score (nSPS) is 33.8. The number of amides is 3. The zero-order valence-electron chi connectivity index (χ0n) is 18.4. The zero-order chi connectivity index (χ0) is 21.8. The van der Waals surface area contributed by atoms with Crippen LogP contribution in [0.2, 0.25) is 0 Å². The van der Waals surface area contributed by atoms with E-state index >= 15 is 0 Å². The number of hydrogen-bond acceptors (Lipinski definition) is 5. The van der Waals surface area contributed by atoms with Crippen LogP contribution in [0, 0.1) is 17.3 Å². The smallest absolute Gasteiger partial charge is 0.246 e. The van der Waals surface area contributed by atoms with E-state index in [0.29, 0.717) is 12.8 Å². The van der Waals surface area contributed by atoms with Crippen LogP contribution in [-0.4, -0.2) is 71.2 Å². The Bertz CT molecular complexity index is 701. The number of aliphatic hydroxyl groups is 1. The van der Waals surface area contributed by atoms with Crippen molar-refractivity contribution in [2.75, 3.05) is 20.2 Å². The third kappa shape index (κ3) is 3.65. The number of β-amino-alcohol motifs (C(OH)–C–C–N with tert-alkyl or cyclic N) is 1. The Morgan fingerprint density at radius 2 is 1.90 bits per heavy atom. The van der Waals surface area contributed by atoms with E-state index in [0.717, 1.165) is 6.42 Å². The molecule has 0 aromatic rings. The van der Waals surface area contributed by atoms with E-state index in [1.54, 1.807) is 7.05 Å². The fraction of sp³-hybridized carbons (Fsp3) is 0.857. The molecule has 3 aliphatic heterocycles. The summed E-state index contributed by atoms with van der Waals surface area (Å²) in [4.78, 5) is 40.7. The highest BCUT2D eigenvalue weighted by atomic mass is 16.5. The van der Waals surface area contributed by atoms with E-state index in [9.17, 15) is 19.5 Å². The number of likely N-dealkylation sites (tertiary alicyclic amines) is 1. The molecule has 3 N–H and O–H groups in total. The van der Waals surface area contributed by atoms with Crippen molar-refractivity contribution in [3.05, 3.63) is 0 Å². The van der Waals surface area contributed by atoms with Crippen molar-refractivity contribution in [3.8, 4) is 0 Å². The van der Waals surface area contributed by atoms with Gasteiger partial charge in [0.1, 0.15) is 11.6 Å². The van der Waals surface area contributed by atoms with Crippen LogP contribution >= 0.6 is 0 Å². The number of ether oxygens (including phenoxy) is 1. The molecular weight excluding hydrogens is 374 g/mol. The summed E-state index contributed by atoms with van der Waals surface area (Å²) in [6, 6.07) is -0.842. The van der Waals surface area contributed by atoms with Crippen LogP contribution in [0.25, 0.3) is 0 Å². The van der Waals surface area contributed by atoms with Crippen LogP contribution < -0.4 is 10.6 Å². The largest absolute Gasteiger partial charge is 0.395 e. The van der Waals surface area contributed by atoms with Crippen molar-refractivity contribution in [1.29, 1.82) is 0 Å². The number of carbonyl (C=O) groups excluding carboxylic acids is 3. The van der Waals surface area contributed by atoms with Gasteiger partial charge in [-0.15, -0.1) is 0 Å². The minimum atomic E-state index is -1.00. The van der Waals surface area contributed by atoms with E-state index in [4.69, 9.17) is 4.74 Å². The third-order valence-electron chi connectivity index (χ3n) is 6.37. The Labute approximate surface area is 172 Å². The summed E-state index contributed by atoms with van der Waals surface area (Å²) < 4.78 is 6.25. The van der Waals surface area contributed by atoms with Gasteiger partial charge in [0, 0.05) is 19.1 Å². The lowest BCUT2D eigenvalue weighted by Crippen LogP contribution is -2.59. The van der Waals surface area contributed by atoms with Crippen LogP contribution in [0.3, 0.4) is 0 Å². The summed E-state index contributed by atoms with van der Waals surface area (Å²) in [6.45, 7) is 10.1. The van der Waals surface area contributed by atoms with Crippen LogP contribution in [0.5, 0.6) is 0 Å². The van der Waals surface area contributed by atoms with Crippen LogP contribution in [-0.2, 0) is 19.1 Å². The van der Waals surface area contributed by atoms with Gasteiger partial charge in [-0.05, 0) is 38.5 Å². The highest BCUT2D eigenvalue weighted by molar-refractivity contribution is 5.99. The summed E-state index contributed by atoms with van der Waals surface area (Å²) >= 11 is 0. The first-order valence-corrected chi connectivity index (χ1v) is 10.5. The van der Waals surface area contributed by atoms with Gasteiger partial charge in [-0.1, -0.05) is 20.8 Å². The van der Waals surface area contributed by atoms with Gasteiger partial charge in [-0.3, -0.25) is 14.4 Å². The van der Waals surface area contributed by atoms with Gasteiger partial charge in [0.25, 0.3) is 0 Å². The van der Waals surface area contributed by atoms with E-state index in [1.165, 1.54) is 4.90 Å². The van der Waals surface area contributed by atoms with Crippen molar-refractivity contribution in [2.24, 2.45) is 17.3 Å². The molecule has 8 heteroatoms. The van der Waals surface area contributed by atoms with Crippen molar-refractivity contribution in [3.63, 3.8) is 0 Å². The average Bonchev–Trinajstić information content (AvgIpc) is 3.20. The standard InChI is InChI=1S/C21H35N3O5/c1-19(2,3)11-20(4,5)23-17(27)15-21-8-7-12(29-21)13(16(26)22-6)14(21)18(28)24(15)9-10-25/h12-15,25H,7-11H2,1-6H3,(H,22,26)(H,23,27)/t12-,13+,14-,15?,21?/m0/s1. The summed E-state index contributed by atoms with van der Waals surface area (Å²) in [5, 5.41) is 15.3. The molecule has 164 valence electrons. The van der Waals surface area contributed by atoms with Gasteiger partial charge in [-0.2, -0.15) is 0 Å². The molecule has 0 radical (unpaired) electrons. The van der Waals surface area contributed by atoms with Crippen molar-refractivity contribution in [1.82, 2.24) is 15.5 Å². The Kier molecular flexibility index (Phi) is 5.49. The number of fused-ring (bicyclic) bond motifs is 1. The topological polar surface area (TPSA) is 108 Å². The number of nitrogens with zero attached hydrogens (tertiary/aromatic N) is 1. The van der Waals surface area contributed by atoms with Crippen LogP contribution in [0.1, 0.15) is 53.9 Å². The predicted octanol–water partition coefficient (Wildman–Crippen LogP) is 0.430. The van der Waals surface area contributed by atoms with Crippen molar-refractivity contribution in [2.45, 2.75) is 77.2 Å². The lowest BCUT2D eigenvalue weighted by molar-refractivity contribution is -0.143.